The summed E-state index contributed by atoms with van der Waals surface area (Å²) in [6, 6.07) is 9.34. The number of ether oxygens (including phenoxy) is 1. The maximum absolute atomic E-state index is 13.1. The van der Waals surface area contributed by atoms with E-state index in [0.29, 0.717) is 21.4 Å². The highest BCUT2D eigenvalue weighted by molar-refractivity contribution is 9.10. The number of anilines is 1. The molecule has 3 rings (SSSR count). The third-order valence-corrected chi connectivity index (χ3v) is 6.74. The molecule has 1 N–H and O–H groups in total. The molecule has 0 aliphatic rings. The summed E-state index contributed by atoms with van der Waals surface area (Å²) in [4.78, 5) is 0.112. The van der Waals surface area contributed by atoms with Crippen LogP contribution >= 0.6 is 27.7 Å². The van der Waals surface area contributed by atoms with E-state index in [1.54, 1.807) is 30.5 Å². The first kappa shape index (κ1) is 23.4. The van der Waals surface area contributed by atoms with E-state index in [4.69, 9.17) is 4.74 Å². The SMILES string of the molecule is COc1cc(S(C)(=O)=O)ccc1NCC#Cc1cc2c(Br)cccn2c1SC(F)(F)F. The third-order valence-electron chi connectivity index (χ3n) is 4.12. The first-order chi connectivity index (χ1) is 14.5. The summed E-state index contributed by atoms with van der Waals surface area (Å²) in [7, 11) is -1.98. The molecule has 0 spiro atoms. The number of rotatable bonds is 5. The zero-order valence-electron chi connectivity index (χ0n) is 16.2. The van der Waals surface area contributed by atoms with Gasteiger partial charge in [-0.15, -0.1) is 0 Å². The van der Waals surface area contributed by atoms with Gasteiger partial charge in [-0.3, -0.25) is 0 Å². The predicted molar refractivity (Wildman–Crippen MR) is 118 cm³/mol. The number of nitrogens with zero attached hydrogens (tertiary/aromatic N) is 1. The maximum atomic E-state index is 13.1. The number of aromatic nitrogens is 1. The molecule has 164 valence electrons. The van der Waals surface area contributed by atoms with Gasteiger partial charge in [0.1, 0.15) is 10.8 Å². The van der Waals surface area contributed by atoms with Gasteiger partial charge >= 0.3 is 5.51 Å². The number of pyridine rings is 1. The van der Waals surface area contributed by atoms with Crippen LogP contribution in [0.1, 0.15) is 5.56 Å². The van der Waals surface area contributed by atoms with Crippen LogP contribution in [0.5, 0.6) is 5.75 Å². The quantitative estimate of drug-likeness (QED) is 0.362. The minimum Gasteiger partial charge on any atom is -0.495 e. The molecule has 0 saturated carbocycles. The summed E-state index contributed by atoms with van der Waals surface area (Å²) < 4.78 is 69.8. The smallest absolute Gasteiger partial charge is 0.447 e. The van der Waals surface area contributed by atoms with Crippen molar-refractivity contribution in [2.75, 3.05) is 25.2 Å². The van der Waals surface area contributed by atoms with Gasteiger partial charge in [0.15, 0.2) is 9.84 Å². The Balaban J connectivity index is 1.86. The lowest BCUT2D eigenvalue weighted by Gasteiger charge is -2.10. The van der Waals surface area contributed by atoms with Gasteiger partial charge in [-0.05, 0) is 46.3 Å². The zero-order valence-corrected chi connectivity index (χ0v) is 19.5. The summed E-state index contributed by atoms with van der Waals surface area (Å²) in [5.41, 5.74) is -3.13. The Hall–Kier alpha value is -2.29. The molecule has 0 aliphatic carbocycles. The number of benzene rings is 1. The summed E-state index contributed by atoms with van der Waals surface area (Å²) in [5.74, 6) is 5.91. The molecule has 0 unspecified atom stereocenters. The Bertz CT molecular complexity index is 1290. The standard InChI is InChI=1S/C20H16BrF3N2O3S2/c1-29-18-12-14(31(2,27)28)7-8-16(18)25-9-3-5-13-11-17-15(21)6-4-10-26(17)19(13)30-20(22,23)24/h4,6-8,10-12,25H,9H2,1-2H3. The number of thioether (sulfide) groups is 1. The molecule has 31 heavy (non-hydrogen) atoms. The van der Waals surface area contributed by atoms with E-state index < -0.39 is 15.3 Å². The monoisotopic (exact) mass is 532 g/mol. The lowest BCUT2D eigenvalue weighted by molar-refractivity contribution is -0.0329. The molecule has 0 radical (unpaired) electrons. The van der Waals surface area contributed by atoms with Gasteiger partial charge in [0, 0.05) is 34.8 Å². The van der Waals surface area contributed by atoms with Gasteiger partial charge < -0.3 is 14.5 Å². The van der Waals surface area contributed by atoms with Gasteiger partial charge in [0.05, 0.1) is 35.3 Å². The molecule has 0 bridgehead atoms. The molecule has 2 heterocycles. The Morgan fingerprint density at radius 1 is 1.26 bits per heavy atom. The number of hydrogen-bond donors (Lipinski definition) is 1. The topological polar surface area (TPSA) is 59.8 Å². The summed E-state index contributed by atoms with van der Waals surface area (Å²) in [6.07, 6.45) is 2.64. The average molecular weight is 533 g/mol. The number of sulfone groups is 1. The van der Waals surface area contributed by atoms with E-state index in [0.717, 1.165) is 6.26 Å². The lowest BCUT2D eigenvalue weighted by Crippen LogP contribution is -2.04. The van der Waals surface area contributed by atoms with Crippen molar-refractivity contribution in [1.29, 1.82) is 0 Å². The van der Waals surface area contributed by atoms with E-state index in [2.05, 4.69) is 33.1 Å². The molecule has 0 amide bonds. The van der Waals surface area contributed by atoms with Crippen LogP contribution in [-0.2, 0) is 9.84 Å². The van der Waals surface area contributed by atoms with Gasteiger partial charge in [-0.25, -0.2) is 8.42 Å². The van der Waals surface area contributed by atoms with Crippen LogP contribution in [0.2, 0.25) is 0 Å². The van der Waals surface area contributed by atoms with Crippen molar-refractivity contribution >= 4 is 48.7 Å². The maximum Gasteiger partial charge on any atom is 0.447 e. The van der Waals surface area contributed by atoms with Crippen LogP contribution in [0, 0.1) is 11.8 Å². The van der Waals surface area contributed by atoms with Gasteiger partial charge in [-0.2, -0.15) is 13.2 Å². The van der Waals surface area contributed by atoms with E-state index in [9.17, 15) is 21.6 Å². The van der Waals surface area contributed by atoms with Crippen LogP contribution in [0.3, 0.4) is 0 Å². The predicted octanol–water partition coefficient (Wildman–Crippen LogP) is 5.19. The minimum absolute atomic E-state index is 0.0219. The fourth-order valence-electron chi connectivity index (χ4n) is 2.77. The fraction of sp³-hybridized carbons (Fsp3) is 0.200. The number of nitrogens with one attached hydrogen (secondary N) is 1. The molecule has 2 aromatic heterocycles. The molecule has 0 aliphatic heterocycles. The van der Waals surface area contributed by atoms with Crippen LogP contribution in [0.25, 0.3) is 5.52 Å². The lowest BCUT2D eigenvalue weighted by atomic mass is 10.3. The van der Waals surface area contributed by atoms with Crippen LogP contribution < -0.4 is 10.1 Å². The fourth-order valence-corrected chi connectivity index (χ4v) is 4.56. The highest BCUT2D eigenvalue weighted by Crippen LogP contribution is 2.40. The number of alkyl halides is 3. The molecule has 3 aromatic rings. The Morgan fingerprint density at radius 3 is 2.65 bits per heavy atom. The molecule has 0 fully saturated rings. The van der Waals surface area contributed by atoms with E-state index >= 15 is 0 Å². The summed E-state index contributed by atoms with van der Waals surface area (Å²) >= 11 is 3.12. The molecular formula is C20H16BrF3N2O3S2. The zero-order chi connectivity index (χ0) is 22.8. The number of methoxy groups -OCH3 is 1. The van der Waals surface area contributed by atoms with Gasteiger partial charge in [-0.1, -0.05) is 11.8 Å². The summed E-state index contributed by atoms with van der Waals surface area (Å²) in [5, 5.41) is 2.97. The number of fused-ring (bicyclic) bond motifs is 1. The Kier molecular flexibility index (Phi) is 6.83. The molecule has 5 nitrogen and oxygen atoms in total. The van der Waals surface area contributed by atoms with Crippen molar-refractivity contribution in [1.82, 2.24) is 4.40 Å². The average Bonchev–Trinajstić information content (AvgIpc) is 3.02. The van der Waals surface area contributed by atoms with Crippen LogP contribution in [0.4, 0.5) is 18.9 Å². The van der Waals surface area contributed by atoms with E-state index in [1.165, 1.54) is 23.6 Å². The van der Waals surface area contributed by atoms with E-state index in [-0.39, 0.29) is 33.8 Å². The Labute approximate surface area is 190 Å². The van der Waals surface area contributed by atoms with Crippen molar-refractivity contribution in [2.24, 2.45) is 0 Å². The number of halogens is 4. The highest BCUT2D eigenvalue weighted by Gasteiger charge is 2.32. The third kappa shape index (κ3) is 5.70. The van der Waals surface area contributed by atoms with Gasteiger partial charge in [0.2, 0.25) is 0 Å². The Morgan fingerprint density at radius 2 is 2.00 bits per heavy atom. The van der Waals surface area contributed by atoms with Crippen molar-refractivity contribution < 1.29 is 26.3 Å². The molecule has 11 heteroatoms. The normalized spacial score (nSPS) is 11.8. The minimum atomic E-state index is -4.46. The molecule has 0 atom stereocenters. The second-order valence-corrected chi connectivity index (χ2v) is 10.2. The highest BCUT2D eigenvalue weighted by atomic mass is 79.9. The molecule has 1 aromatic carbocycles. The number of hydrogen-bond acceptors (Lipinski definition) is 5. The first-order valence-electron chi connectivity index (χ1n) is 8.66. The van der Waals surface area contributed by atoms with Crippen molar-refractivity contribution in [3.63, 3.8) is 0 Å². The van der Waals surface area contributed by atoms with Crippen LogP contribution in [0.15, 0.2) is 57.0 Å². The second kappa shape index (κ2) is 9.06. The van der Waals surface area contributed by atoms with E-state index in [1.807, 2.05) is 0 Å². The molecule has 0 saturated heterocycles. The molecular weight excluding hydrogens is 517 g/mol. The summed E-state index contributed by atoms with van der Waals surface area (Å²) in [6.45, 7) is 0.109. The van der Waals surface area contributed by atoms with Crippen molar-refractivity contribution in [2.45, 2.75) is 15.4 Å². The van der Waals surface area contributed by atoms with Crippen LogP contribution in [-0.4, -0.2) is 38.2 Å². The van der Waals surface area contributed by atoms with Crippen molar-refractivity contribution in [3.05, 3.63) is 52.6 Å². The van der Waals surface area contributed by atoms with Gasteiger partial charge in [0.25, 0.3) is 0 Å². The van der Waals surface area contributed by atoms with Crippen molar-refractivity contribution in [3.8, 4) is 17.6 Å². The largest absolute Gasteiger partial charge is 0.495 e. The second-order valence-electron chi connectivity index (χ2n) is 6.31. The first-order valence-corrected chi connectivity index (χ1v) is 12.2.